The largest absolute Gasteiger partial charge is 0.324 e. The Labute approximate surface area is 161 Å². The molecule has 144 valence electrons. The summed E-state index contributed by atoms with van der Waals surface area (Å²) in [4.78, 5) is 31.4. The second-order valence-electron chi connectivity index (χ2n) is 7.13. The van der Waals surface area contributed by atoms with Gasteiger partial charge in [0.1, 0.15) is 5.82 Å². The SMILES string of the molecule is Cc1ccc2ncn(C3CCN(C(=O)Nc4ccc(F)cc4)CC3)c(=O)c2c1. The number of nitrogens with zero attached hydrogens (tertiary/aromatic N) is 3. The Kier molecular flexibility index (Phi) is 4.81. The number of benzene rings is 2. The first-order valence-electron chi connectivity index (χ1n) is 9.30. The molecule has 0 spiro atoms. The van der Waals surface area contributed by atoms with Crippen molar-refractivity contribution in [1.29, 1.82) is 0 Å². The molecule has 0 aliphatic carbocycles. The van der Waals surface area contributed by atoms with Crippen LogP contribution in [-0.4, -0.2) is 33.6 Å². The number of urea groups is 1. The molecule has 1 N–H and O–H groups in total. The van der Waals surface area contributed by atoms with Gasteiger partial charge in [-0.1, -0.05) is 11.6 Å². The summed E-state index contributed by atoms with van der Waals surface area (Å²) in [6.07, 6.45) is 2.96. The lowest BCUT2D eigenvalue weighted by molar-refractivity contribution is 0.182. The predicted octanol–water partition coefficient (Wildman–Crippen LogP) is 3.71. The highest BCUT2D eigenvalue weighted by Gasteiger charge is 2.25. The minimum Gasteiger partial charge on any atom is -0.324 e. The van der Waals surface area contributed by atoms with Gasteiger partial charge in [0.15, 0.2) is 0 Å². The number of piperidine rings is 1. The van der Waals surface area contributed by atoms with Crippen LogP contribution in [0.3, 0.4) is 0 Å². The Balaban J connectivity index is 1.44. The van der Waals surface area contributed by atoms with Crippen molar-refractivity contribution in [2.24, 2.45) is 0 Å². The van der Waals surface area contributed by atoms with Crippen LogP contribution in [0.15, 0.2) is 53.6 Å². The Morgan fingerprint density at radius 1 is 1.14 bits per heavy atom. The van der Waals surface area contributed by atoms with Crippen molar-refractivity contribution in [1.82, 2.24) is 14.5 Å². The Morgan fingerprint density at radius 3 is 2.57 bits per heavy atom. The van der Waals surface area contributed by atoms with Crippen LogP contribution < -0.4 is 10.9 Å². The lowest BCUT2D eigenvalue weighted by atomic mass is 10.0. The fourth-order valence-electron chi connectivity index (χ4n) is 3.59. The van der Waals surface area contributed by atoms with E-state index in [2.05, 4.69) is 10.3 Å². The average Bonchev–Trinajstić information content (AvgIpc) is 2.71. The number of fused-ring (bicyclic) bond motifs is 1. The van der Waals surface area contributed by atoms with Gasteiger partial charge in [0.2, 0.25) is 0 Å². The molecule has 0 atom stereocenters. The van der Waals surface area contributed by atoms with Gasteiger partial charge in [0.25, 0.3) is 5.56 Å². The molecule has 28 heavy (non-hydrogen) atoms. The van der Waals surface area contributed by atoms with Gasteiger partial charge in [-0.05, 0) is 56.2 Å². The topological polar surface area (TPSA) is 67.2 Å². The van der Waals surface area contributed by atoms with Crippen LogP contribution in [0.1, 0.15) is 24.4 Å². The van der Waals surface area contributed by atoms with Gasteiger partial charge in [0, 0.05) is 24.8 Å². The number of amides is 2. The zero-order valence-corrected chi connectivity index (χ0v) is 15.6. The van der Waals surface area contributed by atoms with E-state index in [-0.39, 0.29) is 23.4 Å². The van der Waals surface area contributed by atoms with E-state index in [1.807, 2.05) is 25.1 Å². The summed E-state index contributed by atoms with van der Waals surface area (Å²) in [5, 5.41) is 3.40. The minimum absolute atomic E-state index is 0.0137. The van der Waals surface area contributed by atoms with Crippen molar-refractivity contribution in [2.45, 2.75) is 25.8 Å². The molecule has 0 radical (unpaired) electrons. The van der Waals surface area contributed by atoms with E-state index >= 15 is 0 Å². The van der Waals surface area contributed by atoms with Crippen LogP contribution in [0.4, 0.5) is 14.9 Å². The summed E-state index contributed by atoms with van der Waals surface area (Å²) in [7, 11) is 0. The lowest BCUT2D eigenvalue weighted by Crippen LogP contribution is -2.42. The molecule has 2 heterocycles. The molecular weight excluding hydrogens is 359 g/mol. The van der Waals surface area contributed by atoms with Gasteiger partial charge in [-0.3, -0.25) is 9.36 Å². The van der Waals surface area contributed by atoms with Crippen molar-refractivity contribution in [3.05, 3.63) is 70.5 Å². The van der Waals surface area contributed by atoms with Crippen molar-refractivity contribution in [3.8, 4) is 0 Å². The molecule has 2 aromatic carbocycles. The van der Waals surface area contributed by atoms with Crippen LogP contribution in [-0.2, 0) is 0 Å². The number of hydrogen-bond acceptors (Lipinski definition) is 3. The molecule has 0 saturated carbocycles. The van der Waals surface area contributed by atoms with Gasteiger partial charge >= 0.3 is 6.03 Å². The summed E-state index contributed by atoms with van der Waals surface area (Å²) in [6, 6.07) is 11.1. The maximum absolute atomic E-state index is 13.0. The summed E-state index contributed by atoms with van der Waals surface area (Å²) in [6.45, 7) is 3.03. The first-order chi connectivity index (χ1) is 13.5. The molecule has 7 heteroatoms. The van der Waals surface area contributed by atoms with Gasteiger partial charge in [-0.2, -0.15) is 0 Å². The summed E-state index contributed by atoms with van der Waals surface area (Å²) in [5.74, 6) is -0.344. The predicted molar refractivity (Wildman–Crippen MR) is 106 cm³/mol. The molecule has 4 rings (SSSR count). The molecular formula is C21H21FN4O2. The first kappa shape index (κ1) is 18.2. The standard InChI is InChI=1S/C21H21FN4O2/c1-14-2-7-19-18(12-14)20(27)26(13-23-19)17-8-10-25(11-9-17)21(28)24-16-5-3-15(22)4-6-16/h2-7,12-13,17H,8-11H2,1H3,(H,24,28). The minimum atomic E-state index is -0.344. The summed E-state index contributed by atoms with van der Waals surface area (Å²) in [5.41, 5.74) is 2.24. The van der Waals surface area contributed by atoms with Crippen LogP contribution >= 0.6 is 0 Å². The number of carbonyl (C=O) groups excluding carboxylic acids is 1. The van der Waals surface area contributed by atoms with Gasteiger partial charge in [0.05, 0.1) is 17.2 Å². The number of aromatic nitrogens is 2. The molecule has 3 aromatic rings. The molecule has 6 nitrogen and oxygen atoms in total. The molecule has 1 aliphatic heterocycles. The van der Waals surface area contributed by atoms with E-state index in [9.17, 15) is 14.0 Å². The highest BCUT2D eigenvalue weighted by Crippen LogP contribution is 2.22. The molecule has 0 bridgehead atoms. The van der Waals surface area contributed by atoms with Crippen LogP contribution in [0, 0.1) is 12.7 Å². The molecule has 2 amide bonds. The second-order valence-corrected chi connectivity index (χ2v) is 7.13. The van der Waals surface area contributed by atoms with Crippen LogP contribution in [0.5, 0.6) is 0 Å². The number of carbonyl (C=O) groups is 1. The number of halogens is 1. The molecule has 1 aromatic heterocycles. The quantitative estimate of drug-likeness (QED) is 0.737. The van der Waals surface area contributed by atoms with Gasteiger partial charge < -0.3 is 10.2 Å². The average molecular weight is 380 g/mol. The maximum Gasteiger partial charge on any atom is 0.321 e. The number of aryl methyl sites for hydroxylation is 1. The monoisotopic (exact) mass is 380 g/mol. The fourth-order valence-corrected chi connectivity index (χ4v) is 3.59. The number of anilines is 1. The number of likely N-dealkylation sites (tertiary alicyclic amines) is 1. The first-order valence-corrected chi connectivity index (χ1v) is 9.30. The van der Waals surface area contributed by atoms with Crippen molar-refractivity contribution >= 4 is 22.6 Å². The van der Waals surface area contributed by atoms with E-state index in [0.717, 1.165) is 5.56 Å². The van der Waals surface area contributed by atoms with Crippen LogP contribution in [0.2, 0.25) is 0 Å². The Bertz CT molecular complexity index is 1070. The van der Waals surface area contributed by atoms with E-state index < -0.39 is 0 Å². The zero-order valence-electron chi connectivity index (χ0n) is 15.6. The molecule has 0 unspecified atom stereocenters. The van der Waals surface area contributed by atoms with Gasteiger partial charge in [-0.15, -0.1) is 0 Å². The third-order valence-corrected chi connectivity index (χ3v) is 5.18. The zero-order chi connectivity index (χ0) is 19.7. The highest BCUT2D eigenvalue weighted by molar-refractivity contribution is 5.89. The van der Waals surface area contributed by atoms with Crippen molar-refractivity contribution < 1.29 is 9.18 Å². The van der Waals surface area contributed by atoms with E-state index in [0.29, 0.717) is 42.5 Å². The normalized spacial score (nSPS) is 15.0. The fraction of sp³-hybridized carbons (Fsp3) is 0.286. The third-order valence-electron chi connectivity index (χ3n) is 5.18. The maximum atomic E-state index is 13.0. The number of nitrogens with one attached hydrogen (secondary N) is 1. The highest BCUT2D eigenvalue weighted by atomic mass is 19.1. The lowest BCUT2D eigenvalue weighted by Gasteiger charge is -2.32. The van der Waals surface area contributed by atoms with E-state index in [1.54, 1.807) is 15.8 Å². The van der Waals surface area contributed by atoms with Crippen molar-refractivity contribution in [2.75, 3.05) is 18.4 Å². The summed E-state index contributed by atoms with van der Waals surface area (Å²) >= 11 is 0. The molecule has 1 aliphatic rings. The Morgan fingerprint density at radius 2 is 1.86 bits per heavy atom. The van der Waals surface area contributed by atoms with E-state index in [1.165, 1.54) is 24.3 Å². The molecule has 1 fully saturated rings. The smallest absolute Gasteiger partial charge is 0.321 e. The Hall–Kier alpha value is -3.22. The second kappa shape index (κ2) is 7.42. The van der Waals surface area contributed by atoms with E-state index in [4.69, 9.17) is 0 Å². The summed E-state index contributed by atoms with van der Waals surface area (Å²) < 4.78 is 14.7. The van der Waals surface area contributed by atoms with Gasteiger partial charge in [-0.25, -0.2) is 14.2 Å². The number of hydrogen-bond donors (Lipinski definition) is 1. The van der Waals surface area contributed by atoms with Crippen molar-refractivity contribution in [3.63, 3.8) is 0 Å². The van der Waals surface area contributed by atoms with Crippen LogP contribution in [0.25, 0.3) is 10.9 Å². The molecule has 1 saturated heterocycles. The number of rotatable bonds is 2. The third kappa shape index (κ3) is 3.60.